The monoisotopic (exact) mass is 1550 g/mol. The number of thiophene rings is 2. The van der Waals surface area contributed by atoms with E-state index in [4.69, 9.17) is 23.4 Å². The lowest BCUT2D eigenvalue weighted by Gasteiger charge is -2.43. The number of ether oxygens (including phenoxy) is 2. The Morgan fingerprint density at radius 1 is 0.380 bits per heavy atom. The Bertz CT molecular complexity index is 3680. The van der Waals surface area contributed by atoms with E-state index in [9.17, 15) is 19.8 Å². The lowest BCUT2D eigenvalue weighted by Crippen LogP contribution is -3.00. The van der Waals surface area contributed by atoms with E-state index < -0.39 is 16.6 Å². The van der Waals surface area contributed by atoms with Crippen LogP contribution in [-0.2, 0) is 8.85 Å². The molecule has 3 N–H and O–H groups in total. The molecule has 8 rings (SSSR count). The molecule has 6 aromatic carbocycles. The molecular weight excluding hydrogens is 1420 g/mol. The molecule has 17 heteroatoms. The lowest BCUT2D eigenvalue weighted by atomic mass is 10.1. The summed E-state index contributed by atoms with van der Waals surface area (Å²) in [6.45, 7) is 36.1. The first-order chi connectivity index (χ1) is 51.9. The van der Waals surface area contributed by atoms with Gasteiger partial charge in [-0.25, -0.2) is 0 Å². The summed E-state index contributed by atoms with van der Waals surface area (Å²) in [6, 6.07) is 63.3. The number of unbranched alkanes of at least 4 members (excludes halogenated alkanes) is 6. The molecule has 0 radical (unpaired) electrons. The van der Waals surface area contributed by atoms with Crippen molar-refractivity contribution >= 4 is 108 Å². The van der Waals surface area contributed by atoms with Crippen molar-refractivity contribution in [1.82, 2.24) is 0 Å². The highest BCUT2D eigenvalue weighted by atomic mass is 32.1. The number of carbonyl (C=O) groups is 2. The fourth-order valence-corrected chi connectivity index (χ4v) is 24.7. The molecule has 0 fully saturated rings. The zero-order valence-corrected chi connectivity index (χ0v) is 70.5. The minimum Gasteiger partial charge on any atom is -1.00 e. The molecule has 0 atom stereocenters. The molecule has 2 aromatic heterocycles. The maximum absolute atomic E-state index is 11.4. The van der Waals surface area contributed by atoms with E-state index in [1.807, 2.05) is 53.5 Å². The number of aliphatic hydroxyl groups excluding tert-OH is 3. The number of anilines is 2. The smallest absolute Gasteiger partial charge is 0.261 e. The summed E-state index contributed by atoms with van der Waals surface area (Å²) in [4.78, 5) is 30.0. The number of benzene rings is 6. The van der Waals surface area contributed by atoms with Gasteiger partial charge in [0.1, 0.15) is 11.5 Å². The van der Waals surface area contributed by atoms with Crippen LogP contribution in [0.5, 0.6) is 11.5 Å². The highest BCUT2D eigenvalue weighted by molar-refractivity contribution is 7.14. The quantitative estimate of drug-likeness (QED) is 0.0145. The average molecular weight is 1550 g/mol. The molecule has 0 amide bonds. The number of aliphatic hydroxyl groups is 3. The van der Waals surface area contributed by atoms with E-state index in [2.05, 4.69) is 233 Å². The Kier molecular flexibility index (Phi) is 41.7. The Balaban J connectivity index is 0.000000372. The summed E-state index contributed by atoms with van der Waals surface area (Å²) in [7, 11) is -5.29. The van der Waals surface area contributed by atoms with Gasteiger partial charge in [0, 0.05) is 83.8 Å². The number of rotatable bonds is 46. The average Bonchev–Trinajstić information content (AvgIpc) is 1.01. The van der Waals surface area contributed by atoms with Gasteiger partial charge >= 0.3 is 0 Å². The minimum absolute atomic E-state index is 0. The minimum atomic E-state index is -2.68. The van der Waals surface area contributed by atoms with Gasteiger partial charge in [-0.05, 0) is 161 Å². The molecular formula is C91H128FN3O9S2Si2. The second-order valence-corrected chi connectivity index (χ2v) is 40.7. The van der Waals surface area contributed by atoms with Gasteiger partial charge in [0.25, 0.3) is 16.6 Å². The molecule has 588 valence electrons. The van der Waals surface area contributed by atoms with Crippen molar-refractivity contribution in [3.63, 3.8) is 0 Å². The number of halogens is 1. The van der Waals surface area contributed by atoms with Crippen LogP contribution in [0.25, 0.3) is 24.3 Å². The third-order valence-electron chi connectivity index (χ3n) is 19.7. The van der Waals surface area contributed by atoms with Crippen LogP contribution in [0.1, 0.15) is 200 Å². The van der Waals surface area contributed by atoms with E-state index in [0.717, 1.165) is 89.4 Å². The maximum Gasteiger partial charge on any atom is 0.261 e. The van der Waals surface area contributed by atoms with Crippen molar-refractivity contribution < 1.29 is 52.4 Å². The second kappa shape index (κ2) is 49.2. The van der Waals surface area contributed by atoms with Crippen molar-refractivity contribution in [2.45, 2.75) is 170 Å². The Labute approximate surface area is 658 Å². The lowest BCUT2D eigenvalue weighted by molar-refractivity contribution is -0.929. The van der Waals surface area contributed by atoms with E-state index in [1.165, 1.54) is 125 Å². The van der Waals surface area contributed by atoms with Gasteiger partial charge in [-0.15, -0.1) is 22.7 Å². The zero-order valence-electron chi connectivity index (χ0n) is 66.9. The third-order valence-corrected chi connectivity index (χ3v) is 31.8. The van der Waals surface area contributed by atoms with Gasteiger partial charge in [0.15, 0.2) is 12.6 Å². The summed E-state index contributed by atoms with van der Waals surface area (Å²) in [5, 5.41) is 32.5. The van der Waals surface area contributed by atoms with E-state index >= 15 is 0 Å². The zero-order chi connectivity index (χ0) is 77.2. The number of nitrogens with zero attached hydrogens (tertiary/aromatic N) is 3. The normalized spacial score (nSPS) is 11.9. The first-order valence-electron chi connectivity index (χ1n) is 39.6. The summed E-state index contributed by atoms with van der Waals surface area (Å²) < 4.78 is 28.6. The van der Waals surface area contributed by atoms with E-state index in [-0.39, 0.29) is 34.6 Å². The van der Waals surface area contributed by atoms with Gasteiger partial charge in [-0.3, -0.25) is 9.59 Å². The van der Waals surface area contributed by atoms with Crippen LogP contribution < -0.4 is 44.7 Å². The van der Waals surface area contributed by atoms with E-state index in [0.29, 0.717) is 61.4 Å². The summed E-state index contributed by atoms with van der Waals surface area (Å²) in [5.74, 6) is 1.53. The molecule has 0 aliphatic carbocycles. The van der Waals surface area contributed by atoms with Crippen molar-refractivity contribution in [1.29, 1.82) is 0 Å². The molecule has 0 aliphatic rings. The summed E-state index contributed by atoms with van der Waals surface area (Å²) in [5.41, 5.74) is 3.86. The molecule has 0 bridgehead atoms. The summed E-state index contributed by atoms with van der Waals surface area (Å²) in [6.07, 6.45) is 25.0. The maximum atomic E-state index is 11.4. The standard InChI is InChI=1S/C54H65NO4SSi2.C21H27NO5S.C16H36N.FH/c1-8-37-55(38-41-59-62(54(5,6)7,50-27-17-11-18-28-50)51-29-19-12-20-30-51)45-33-31-44(32-34-46-35-36-47(43-56)60-46)52(42-45)57-39-21-22-40-58-61(53(2,3)4,48-23-13-9-14-24-48)49-25-15-10-16-26-49;23-11-1-2-14-27-21-15-18(22(9-12-24)10-13-25)5-3-17(21)4-6-19-7-8-20(16-26)28-19;1-5-9-13-17(14-10-6-2,15-11-7-3)16-12-8-4;/h9-20,23-36,42-43H,8,21-22,37-41H2,1-7H3;3-8,15-16,23-25H,1-2,9-14H2;5-16H2,1-4H3;1H/q;;+1;/p-1/b34-32+;6-4+;;. The van der Waals surface area contributed by atoms with Crippen molar-refractivity contribution in [2.24, 2.45) is 0 Å². The molecule has 8 aromatic rings. The number of hydrogen-bond donors (Lipinski definition) is 3. The Hall–Kier alpha value is -7.14. The number of aldehydes is 2. The first kappa shape index (κ1) is 91.5. The topological polar surface area (TPSA) is 138 Å². The largest absolute Gasteiger partial charge is 1.00 e. The van der Waals surface area contributed by atoms with Gasteiger partial charge < -0.3 is 52.6 Å². The van der Waals surface area contributed by atoms with Crippen LogP contribution in [0.3, 0.4) is 0 Å². The number of quaternary nitrogens is 1. The van der Waals surface area contributed by atoms with Crippen LogP contribution in [0.4, 0.5) is 11.4 Å². The first-order valence-corrected chi connectivity index (χ1v) is 45.0. The molecule has 0 aliphatic heterocycles. The van der Waals surface area contributed by atoms with Crippen molar-refractivity contribution in [3.05, 3.63) is 213 Å². The molecule has 0 saturated carbocycles. The number of carbonyl (C=O) groups excluding carboxylic acids is 2. The third kappa shape index (κ3) is 27.7. The van der Waals surface area contributed by atoms with Gasteiger partial charge in [0.2, 0.25) is 0 Å². The van der Waals surface area contributed by atoms with Gasteiger partial charge in [-0.1, -0.05) is 223 Å². The predicted octanol–water partition coefficient (Wildman–Crippen LogP) is 15.9. The molecule has 12 nitrogen and oxygen atoms in total. The van der Waals surface area contributed by atoms with E-state index in [1.54, 1.807) is 6.07 Å². The van der Waals surface area contributed by atoms with Crippen LogP contribution >= 0.6 is 22.7 Å². The van der Waals surface area contributed by atoms with Crippen LogP contribution in [-0.4, -0.2) is 148 Å². The number of hydrogen-bond acceptors (Lipinski definition) is 13. The Morgan fingerprint density at radius 3 is 1.05 bits per heavy atom. The fourth-order valence-electron chi connectivity index (χ4n) is 14.1. The second-order valence-electron chi connectivity index (χ2n) is 29.8. The molecule has 0 unspecified atom stereocenters. The Morgan fingerprint density at radius 2 is 0.722 bits per heavy atom. The van der Waals surface area contributed by atoms with Crippen molar-refractivity contribution in [3.8, 4) is 11.5 Å². The highest BCUT2D eigenvalue weighted by Gasteiger charge is 2.51. The highest BCUT2D eigenvalue weighted by Crippen LogP contribution is 2.39. The SMILES string of the molecule is CCCC[N+](CCCC)(CCCC)CCCC.CCCN(CCO[Si](c1ccccc1)(c1ccccc1)C(C)(C)C)c1ccc(/C=C/c2ccc(C=O)s2)c(OCCCCO[Si](c2ccccc2)(c2ccccc2)C(C)(C)C)c1.O=Cc1ccc(/C=C/c2ccc(N(CCO)CCO)cc2OCCCCO)s1.[F-]. The predicted molar refractivity (Wildman–Crippen MR) is 462 cm³/mol. The van der Waals surface area contributed by atoms with Crippen LogP contribution in [0.15, 0.2) is 182 Å². The van der Waals surface area contributed by atoms with Crippen molar-refractivity contribution in [2.75, 3.05) is 108 Å². The molecule has 0 saturated heterocycles. The molecule has 108 heavy (non-hydrogen) atoms. The van der Waals surface area contributed by atoms with Gasteiger partial charge in [-0.2, -0.15) is 0 Å². The molecule has 0 spiro atoms. The van der Waals surface area contributed by atoms with Crippen LogP contribution in [0.2, 0.25) is 10.1 Å². The van der Waals surface area contributed by atoms with Gasteiger partial charge in [0.05, 0.1) is 69.0 Å². The fraction of sp³-hybridized carbons (Fsp3) is 0.451. The summed E-state index contributed by atoms with van der Waals surface area (Å²) >= 11 is 2.90. The molecule has 2 heterocycles. The van der Waals surface area contributed by atoms with Crippen LogP contribution in [0, 0.1) is 0 Å².